The number of nitrogens with one attached hydrogen (secondary N) is 1. The summed E-state index contributed by atoms with van der Waals surface area (Å²) in [6.45, 7) is 0. The molecule has 0 saturated heterocycles. The van der Waals surface area contributed by atoms with Crippen LogP contribution < -0.4 is 5.32 Å². The average molecular weight is 292 g/mol. The quantitative estimate of drug-likeness (QED) is 0.897. The number of nitrogens with zero attached hydrogens (tertiary/aromatic N) is 1. The van der Waals surface area contributed by atoms with Crippen LogP contribution in [-0.4, -0.2) is 42.1 Å². The van der Waals surface area contributed by atoms with E-state index < -0.39 is 11.6 Å². The van der Waals surface area contributed by atoms with E-state index in [4.69, 9.17) is 0 Å². The van der Waals surface area contributed by atoms with Crippen LogP contribution in [0.25, 0.3) is 0 Å². The van der Waals surface area contributed by atoms with Gasteiger partial charge in [0.1, 0.15) is 0 Å². The summed E-state index contributed by atoms with van der Waals surface area (Å²) < 4.78 is 13.3. The SMILES string of the molecule is CN(C)C1CC(NC(=O)c2ccc(O)c(F)c2)C12CCC2. The Morgan fingerprint density at radius 3 is 2.67 bits per heavy atom. The van der Waals surface area contributed by atoms with Crippen molar-refractivity contribution in [1.82, 2.24) is 10.2 Å². The van der Waals surface area contributed by atoms with Gasteiger partial charge in [-0.25, -0.2) is 4.39 Å². The first-order valence-electron chi connectivity index (χ1n) is 7.40. The van der Waals surface area contributed by atoms with E-state index in [0.29, 0.717) is 6.04 Å². The summed E-state index contributed by atoms with van der Waals surface area (Å²) in [7, 11) is 4.16. The molecule has 1 aromatic carbocycles. The zero-order valence-electron chi connectivity index (χ0n) is 12.4. The highest BCUT2D eigenvalue weighted by Gasteiger charge is 2.59. The van der Waals surface area contributed by atoms with Crippen LogP contribution in [0.3, 0.4) is 0 Å². The normalized spacial score (nSPS) is 26.3. The van der Waals surface area contributed by atoms with E-state index in [1.165, 1.54) is 18.6 Å². The molecule has 2 aliphatic rings. The van der Waals surface area contributed by atoms with Gasteiger partial charge in [0.05, 0.1) is 0 Å². The average Bonchev–Trinajstić information content (AvgIpc) is 2.34. The number of halogens is 1. The van der Waals surface area contributed by atoms with Crippen LogP contribution in [-0.2, 0) is 0 Å². The molecule has 2 aliphatic carbocycles. The Kier molecular flexibility index (Phi) is 3.40. The lowest BCUT2D eigenvalue weighted by molar-refractivity contribution is -0.0963. The van der Waals surface area contributed by atoms with Crippen LogP contribution in [0.1, 0.15) is 36.0 Å². The number of rotatable bonds is 3. The Morgan fingerprint density at radius 1 is 1.43 bits per heavy atom. The maximum absolute atomic E-state index is 13.3. The molecule has 2 unspecified atom stereocenters. The fourth-order valence-corrected chi connectivity index (χ4v) is 3.85. The van der Waals surface area contributed by atoms with Gasteiger partial charge in [0, 0.05) is 23.1 Å². The standard InChI is InChI=1S/C16H21FN2O2/c1-19(2)14-9-13(16(14)6-3-7-16)18-15(21)10-4-5-12(20)11(17)8-10/h4-5,8,13-14,20H,3,6-7,9H2,1-2H3,(H,18,21). The second kappa shape index (κ2) is 4.98. The van der Waals surface area contributed by atoms with Gasteiger partial charge >= 0.3 is 0 Å². The number of phenolic OH excluding ortho intramolecular Hbond substituents is 1. The molecule has 21 heavy (non-hydrogen) atoms. The predicted octanol–water partition coefficient (Wildman–Crippen LogP) is 2.13. The second-order valence-electron chi connectivity index (χ2n) is 6.49. The lowest BCUT2D eigenvalue weighted by atomic mass is 9.49. The minimum atomic E-state index is -0.763. The molecule has 4 nitrogen and oxygen atoms in total. The van der Waals surface area contributed by atoms with E-state index in [2.05, 4.69) is 24.3 Å². The summed E-state index contributed by atoms with van der Waals surface area (Å²) in [5, 5.41) is 12.2. The Labute approximate surface area is 124 Å². The molecular formula is C16H21FN2O2. The molecular weight excluding hydrogens is 271 g/mol. The molecule has 5 heteroatoms. The Hall–Kier alpha value is -1.62. The van der Waals surface area contributed by atoms with Crippen LogP contribution in [0.4, 0.5) is 4.39 Å². The van der Waals surface area contributed by atoms with E-state index >= 15 is 0 Å². The minimum absolute atomic E-state index is 0.169. The second-order valence-corrected chi connectivity index (χ2v) is 6.49. The van der Waals surface area contributed by atoms with E-state index in [0.717, 1.165) is 25.3 Å². The molecule has 0 bridgehead atoms. The van der Waals surface area contributed by atoms with Gasteiger partial charge in [-0.05, 0) is 51.6 Å². The van der Waals surface area contributed by atoms with Crippen molar-refractivity contribution >= 4 is 5.91 Å². The number of hydrogen-bond acceptors (Lipinski definition) is 3. The summed E-state index contributed by atoms with van der Waals surface area (Å²) in [6, 6.07) is 4.44. The third-order valence-corrected chi connectivity index (χ3v) is 5.24. The molecule has 2 saturated carbocycles. The molecule has 114 valence electrons. The van der Waals surface area contributed by atoms with Gasteiger partial charge in [-0.2, -0.15) is 0 Å². The fraction of sp³-hybridized carbons (Fsp3) is 0.562. The summed E-state index contributed by atoms with van der Waals surface area (Å²) in [5.74, 6) is -1.46. The first kappa shape index (κ1) is 14.3. The summed E-state index contributed by atoms with van der Waals surface area (Å²) >= 11 is 0. The van der Waals surface area contributed by atoms with Gasteiger partial charge in [-0.3, -0.25) is 4.79 Å². The molecule has 1 spiro atoms. The maximum Gasteiger partial charge on any atom is 0.251 e. The summed E-state index contributed by atoms with van der Waals surface area (Å²) in [6.07, 6.45) is 4.44. The topological polar surface area (TPSA) is 52.6 Å². The van der Waals surface area contributed by atoms with Crippen molar-refractivity contribution < 1.29 is 14.3 Å². The monoisotopic (exact) mass is 292 g/mol. The van der Waals surface area contributed by atoms with Gasteiger partial charge in [0.15, 0.2) is 11.6 Å². The molecule has 1 aromatic rings. The van der Waals surface area contributed by atoms with E-state index in [-0.39, 0.29) is 22.9 Å². The van der Waals surface area contributed by atoms with E-state index in [1.807, 2.05) is 0 Å². The van der Waals surface area contributed by atoms with Crippen molar-refractivity contribution in [3.63, 3.8) is 0 Å². The third-order valence-electron chi connectivity index (χ3n) is 5.24. The smallest absolute Gasteiger partial charge is 0.251 e. The summed E-state index contributed by atoms with van der Waals surface area (Å²) in [4.78, 5) is 14.5. The Balaban J connectivity index is 1.70. The molecule has 1 amide bonds. The molecule has 3 rings (SSSR count). The Morgan fingerprint density at radius 2 is 2.14 bits per heavy atom. The minimum Gasteiger partial charge on any atom is -0.505 e. The van der Waals surface area contributed by atoms with Crippen LogP contribution in [0.15, 0.2) is 18.2 Å². The lowest BCUT2D eigenvalue weighted by Gasteiger charge is -2.63. The molecule has 0 heterocycles. The van der Waals surface area contributed by atoms with Crippen molar-refractivity contribution in [2.75, 3.05) is 14.1 Å². The number of aromatic hydroxyl groups is 1. The van der Waals surface area contributed by atoms with Gasteiger partial charge in [-0.1, -0.05) is 6.42 Å². The van der Waals surface area contributed by atoms with Crippen molar-refractivity contribution in [2.24, 2.45) is 5.41 Å². The van der Waals surface area contributed by atoms with Gasteiger partial charge in [0.2, 0.25) is 0 Å². The molecule has 0 aromatic heterocycles. The molecule has 2 N–H and O–H groups in total. The first-order valence-corrected chi connectivity index (χ1v) is 7.40. The number of carbonyl (C=O) groups excluding carboxylic acids is 1. The molecule has 0 aliphatic heterocycles. The molecule has 2 fully saturated rings. The third kappa shape index (κ3) is 2.20. The van der Waals surface area contributed by atoms with Crippen molar-refractivity contribution in [3.05, 3.63) is 29.6 Å². The number of hydrogen-bond donors (Lipinski definition) is 2. The van der Waals surface area contributed by atoms with E-state index in [9.17, 15) is 14.3 Å². The van der Waals surface area contributed by atoms with Crippen LogP contribution in [0.5, 0.6) is 5.75 Å². The highest BCUT2D eigenvalue weighted by Crippen LogP contribution is 2.57. The fourth-order valence-electron chi connectivity index (χ4n) is 3.85. The van der Waals surface area contributed by atoms with Gasteiger partial charge < -0.3 is 15.3 Å². The highest BCUT2D eigenvalue weighted by molar-refractivity contribution is 5.94. The first-order chi connectivity index (χ1) is 9.94. The Bertz CT molecular complexity index is 569. The number of amides is 1. The van der Waals surface area contributed by atoms with Crippen molar-refractivity contribution in [2.45, 2.75) is 37.8 Å². The number of carbonyl (C=O) groups is 1. The van der Waals surface area contributed by atoms with Crippen LogP contribution in [0.2, 0.25) is 0 Å². The maximum atomic E-state index is 13.3. The predicted molar refractivity (Wildman–Crippen MR) is 77.7 cm³/mol. The van der Waals surface area contributed by atoms with Gasteiger partial charge in [-0.15, -0.1) is 0 Å². The zero-order chi connectivity index (χ0) is 15.2. The number of benzene rings is 1. The largest absolute Gasteiger partial charge is 0.505 e. The lowest BCUT2D eigenvalue weighted by Crippen LogP contribution is -2.70. The van der Waals surface area contributed by atoms with Crippen LogP contribution in [0, 0.1) is 11.2 Å². The van der Waals surface area contributed by atoms with Crippen molar-refractivity contribution in [1.29, 1.82) is 0 Å². The van der Waals surface area contributed by atoms with Gasteiger partial charge in [0.25, 0.3) is 5.91 Å². The highest BCUT2D eigenvalue weighted by atomic mass is 19.1. The summed E-state index contributed by atoms with van der Waals surface area (Å²) in [5.41, 5.74) is 0.460. The molecule has 0 radical (unpaired) electrons. The van der Waals surface area contributed by atoms with E-state index in [1.54, 1.807) is 0 Å². The van der Waals surface area contributed by atoms with Crippen LogP contribution >= 0.6 is 0 Å². The van der Waals surface area contributed by atoms with Crippen molar-refractivity contribution in [3.8, 4) is 5.75 Å². The molecule has 2 atom stereocenters. The number of phenols is 1. The zero-order valence-corrected chi connectivity index (χ0v) is 12.4.